The summed E-state index contributed by atoms with van der Waals surface area (Å²) in [5.41, 5.74) is 0. The van der Waals surface area contributed by atoms with Crippen molar-refractivity contribution in [3.63, 3.8) is 0 Å². The van der Waals surface area contributed by atoms with Gasteiger partial charge in [0.1, 0.15) is 0 Å². The van der Waals surface area contributed by atoms with Crippen LogP contribution in [0.5, 0.6) is 0 Å². The third kappa shape index (κ3) is 5.51. The summed E-state index contributed by atoms with van der Waals surface area (Å²) in [6.45, 7) is 4.27. The van der Waals surface area contributed by atoms with Crippen molar-refractivity contribution < 1.29 is 4.79 Å². The zero-order valence-corrected chi connectivity index (χ0v) is 13.0. The molecule has 1 aromatic rings. The Morgan fingerprint density at radius 2 is 2.26 bits per heavy atom. The van der Waals surface area contributed by atoms with Gasteiger partial charge >= 0.3 is 0 Å². The summed E-state index contributed by atoms with van der Waals surface area (Å²) in [5.74, 6) is 0.920. The van der Waals surface area contributed by atoms with E-state index in [1.165, 1.54) is 17.7 Å². The lowest BCUT2D eigenvalue weighted by Gasteiger charge is -2.22. The molecule has 1 saturated heterocycles. The van der Waals surface area contributed by atoms with Crippen molar-refractivity contribution in [2.75, 3.05) is 13.1 Å². The van der Waals surface area contributed by atoms with Crippen LogP contribution in [0, 0.1) is 5.92 Å². The molecular weight excluding hydrogens is 280 g/mol. The van der Waals surface area contributed by atoms with Gasteiger partial charge in [-0.2, -0.15) is 0 Å². The third-order valence-corrected chi connectivity index (χ3v) is 4.64. The van der Waals surface area contributed by atoms with Gasteiger partial charge in [-0.05, 0) is 56.6 Å². The molecule has 1 aromatic heterocycles. The van der Waals surface area contributed by atoms with Gasteiger partial charge in [-0.3, -0.25) is 4.79 Å². The minimum Gasteiger partial charge on any atom is -0.349 e. The number of hydrogen-bond acceptors (Lipinski definition) is 3. The Kier molecular flexibility index (Phi) is 7.42. The fourth-order valence-electron chi connectivity index (χ4n) is 2.43. The predicted molar refractivity (Wildman–Crippen MR) is 83.0 cm³/mol. The molecule has 108 valence electrons. The number of rotatable bonds is 5. The molecule has 1 atom stereocenters. The van der Waals surface area contributed by atoms with Gasteiger partial charge in [0.05, 0.1) is 6.04 Å². The number of carbonyl (C=O) groups is 1. The molecule has 19 heavy (non-hydrogen) atoms. The van der Waals surface area contributed by atoms with E-state index >= 15 is 0 Å². The van der Waals surface area contributed by atoms with Crippen LogP contribution in [-0.2, 0) is 4.79 Å². The van der Waals surface area contributed by atoms with Crippen LogP contribution < -0.4 is 10.6 Å². The first-order valence-electron chi connectivity index (χ1n) is 6.79. The summed E-state index contributed by atoms with van der Waals surface area (Å²) >= 11 is 1.70. The van der Waals surface area contributed by atoms with Crippen LogP contribution in [0.2, 0.25) is 0 Å². The molecule has 2 N–H and O–H groups in total. The highest BCUT2D eigenvalue weighted by molar-refractivity contribution is 7.10. The summed E-state index contributed by atoms with van der Waals surface area (Å²) in [6, 6.07) is 4.24. The number of amides is 1. The van der Waals surface area contributed by atoms with Gasteiger partial charge in [-0.25, -0.2) is 0 Å². The van der Waals surface area contributed by atoms with Gasteiger partial charge in [0.15, 0.2) is 0 Å². The molecule has 2 rings (SSSR count). The Morgan fingerprint density at radius 3 is 2.89 bits per heavy atom. The van der Waals surface area contributed by atoms with E-state index in [0.717, 1.165) is 25.4 Å². The summed E-state index contributed by atoms with van der Waals surface area (Å²) in [7, 11) is 0. The second-order valence-corrected chi connectivity index (χ2v) is 6.02. The van der Waals surface area contributed by atoms with Crippen molar-refractivity contribution in [1.29, 1.82) is 0 Å². The first-order valence-corrected chi connectivity index (χ1v) is 7.67. The lowest BCUT2D eigenvalue weighted by atomic mass is 9.93. The first kappa shape index (κ1) is 16.5. The Bertz CT molecular complexity index is 364. The molecule has 0 spiro atoms. The average Bonchev–Trinajstić information content (AvgIpc) is 2.91. The number of halogens is 1. The van der Waals surface area contributed by atoms with Gasteiger partial charge < -0.3 is 10.6 Å². The molecule has 0 saturated carbocycles. The summed E-state index contributed by atoms with van der Waals surface area (Å²) in [5, 5.41) is 8.48. The Balaban J connectivity index is 0.00000180. The Labute approximate surface area is 125 Å². The highest BCUT2D eigenvalue weighted by Gasteiger charge is 2.15. The molecule has 0 bridgehead atoms. The number of thiophene rings is 1. The van der Waals surface area contributed by atoms with E-state index in [4.69, 9.17) is 0 Å². The highest BCUT2D eigenvalue weighted by atomic mass is 35.5. The zero-order valence-electron chi connectivity index (χ0n) is 11.4. The van der Waals surface area contributed by atoms with Crippen molar-refractivity contribution >= 4 is 29.7 Å². The molecule has 1 fully saturated rings. The minimum atomic E-state index is 0. The molecule has 1 amide bonds. The van der Waals surface area contributed by atoms with Gasteiger partial charge in [0.2, 0.25) is 5.91 Å². The van der Waals surface area contributed by atoms with Crippen LogP contribution in [0.3, 0.4) is 0 Å². The van der Waals surface area contributed by atoms with Gasteiger partial charge in [0, 0.05) is 11.3 Å². The third-order valence-electron chi connectivity index (χ3n) is 3.59. The van der Waals surface area contributed by atoms with Crippen molar-refractivity contribution in [2.24, 2.45) is 5.92 Å². The molecule has 3 nitrogen and oxygen atoms in total. The highest BCUT2D eigenvalue weighted by Crippen LogP contribution is 2.20. The molecule has 2 heterocycles. The topological polar surface area (TPSA) is 41.1 Å². The SMILES string of the molecule is CC(NC(=O)CCC1CCNCC1)c1cccs1.Cl. The van der Waals surface area contributed by atoms with E-state index < -0.39 is 0 Å². The van der Waals surface area contributed by atoms with Crippen LogP contribution in [-0.4, -0.2) is 19.0 Å². The monoisotopic (exact) mass is 302 g/mol. The quantitative estimate of drug-likeness (QED) is 0.877. The molecule has 1 unspecified atom stereocenters. The lowest BCUT2D eigenvalue weighted by Crippen LogP contribution is -2.30. The molecule has 5 heteroatoms. The fraction of sp³-hybridized carbons (Fsp3) is 0.643. The van der Waals surface area contributed by atoms with Crippen molar-refractivity contribution in [2.45, 2.75) is 38.6 Å². The van der Waals surface area contributed by atoms with Crippen LogP contribution in [0.15, 0.2) is 17.5 Å². The number of nitrogens with one attached hydrogen (secondary N) is 2. The van der Waals surface area contributed by atoms with Crippen LogP contribution in [0.1, 0.15) is 43.5 Å². The molecule has 0 aliphatic carbocycles. The Hall–Kier alpha value is -0.580. The summed E-state index contributed by atoms with van der Waals surface area (Å²) in [6.07, 6.45) is 4.13. The zero-order chi connectivity index (χ0) is 12.8. The normalized spacial score (nSPS) is 17.5. The van der Waals surface area contributed by atoms with Crippen molar-refractivity contribution in [3.05, 3.63) is 22.4 Å². The van der Waals surface area contributed by atoms with Gasteiger partial charge in [-0.15, -0.1) is 23.7 Å². The van der Waals surface area contributed by atoms with Crippen molar-refractivity contribution in [1.82, 2.24) is 10.6 Å². The summed E-state index contributed by atoms with van der Waals surface area (Å²) in [4.78, 5) is 13.1. The van der Waals surface area contributed by atoms with Crippen LogP contribution >= 0.6 is 23.7 Å². The lowest BCUT2D eigenvalue weighted by molar-refractivity contribution is -0.122. The molecule has 0 radical (unpaired) electrons. The van der Waals surface area contributed by atoms with Crippen LogP contribution in [0.4, 0.5) is 0 Å². The second-order valence-electron chi connectivity index (χ2n) is 5.04. The maximum Gasteiger partial charge on any atom is 0.220 e. The van der Waals surface area contributed by atoms with Gasteiger partial charge in [0.25, 0.3) is 0 Å². The molecule has 0 aromatic carbocycles. The fourth-order valence-corrected chi connectivity index (χ4v) is 3.16. The van der Waals surface area contributed by atoms with Crippen LogP contribution in [0.25, 0.3) is 0 Å². The predicted octanol–water partition coefficient (Wildman–Crippen LogP) is 3.13. The van der Waals surface area contributed by atoms with Crippen molar-refractivity contribution in [3.8, 4) is 0 Å². The van der Waals surface area contributed by atoms with E-state index in [0.29, 0.717) is 6.42 Å². The summed E-state index contributed by atoms with van der Waals surface area (Å²) < 4.78 is 0. The molecular formula is C14H23ClN2OS. The average molecular weight is 303 g/mol. The van der Waals surface area contributed by atoms with E-state index in [1.54, 1.807) is 11.3 Å². The number of carbonyl (C=O) groups excluding carboxylic acids is 1. The van der Waals surface area contributed by atoms with E-state index in [9.17, 15) is 4.79 Å². The minimum absolute atomic E-state index is 0. The number of piperidine rings is 1. The number of hydrogen-bond donors (Lipinski definition) is 2. The maximum atomic E-state index is 11.9. The molecule has 1 aliphatic heterocycles. The molecule has 1 aliphatic rings. The van der Waals surface area contributed by atoms with E-state index in [2.05, 4.69) is 16.7 Å². The van der Waals surface area contributed by atoms with E-state index in [1.807, 2.05) is 18.4 Å². The smallest absolute Gasteiger partial charge is 0.220 e. The maximum absolute atomic E-state index is 11.9. The Morgan fingerprint density at radius 1 is 1.53 bits per heavy atom. The standard InChI is InChI=1S/C14H22N2OS.ClH/c1-11(13-3-2-10-18-13)16-14(17)5-4-12-6-8-15-9-7-12;/h2-3,10-12,15H,4-9H2,1H3,(H,16,17);1H. The first-order chi connectivity index (χ1) is 8.75. The largest absolute Gasteiger partial charge is 0.349 e. The second kappa shape index (κ2) is 8.56. The van der Waals surface area contributed by atoms with Gasteiger partial charge in [-0.1, -0.05) is 6.07 Å². The van der Waals surface area contributed by atoms with E-state index in [-0.39, 0.29) is 24.4 Å².